The van der Waals surface area contributed by atoms with Crippen molar-refractivity contribution in [3.8, 4) is 20.9 Å². The quantitative estimate of drug-likeness (QED) is 0.0269. The van der Waals surface area contributed by atoms with E-state index in [-0.39, 0.29) is 106 Å². The van der Waals surface area contributed by atoms with Crippen molar-refractivity contribution in [2.75, 3.05) is 21.3 Å². The zero-order valence-electron chi connectivity index (χ0n) is 44.4. The Morgan fingerprint density at radius 3 is 1.19 bits per heavy atom. The van der Waals surface area contributed by atoms with E-state index >= 15 is 0 Å². The van der Waals surface area contributed by atoms with Gasteiger partial charge in [0.2, 0.25) is 0 Å². The van der Waals surface area contributed by atoms with Crippen molar-refractivity contribution in [1.29, 1.82) is 0 Å². The zero-order valence-corrected chi connectivity index (χ0v) is 58.9. The molecule has 0 saturated carbocycles. The van der Waals surface area contributed by atoms with E-state index in [0.29, 0.717) is 16.7 Å². The minimum absolute atomic E-state index is 0. The molecule has 382 valence electrons. The number of carbonyl (C=O) groups excluding carboxylic acids is 3. The Kier molecular flexibility index (Phi) is 28.3. The van der Waals surface area contributed by atoms with Crippen molar-refractivity contribution >= 4 is 187 Å². The summed E-state index contributed by atoms with van der Waals surface area (Å²) in [4.78, 5) is 36.6. The summed E-state index contributed by atoms with van der Waals surface area (Å²) in [7, 11) is 5.11. The maximum absolute atomic E-state index is 12.0. The van der Waals surface area contributed by atoms with Crippen LogP contribution in [-0.2, 0) is 52.6 Å². The molecule has 75 heavy (non-hydrogen) atoms. The number of ether oxygens (including phenoxy) is 3. The topological polar surface area (TPSA) is 176 Å². The number of benzene rings is 4. The number of thiophene rings is 3. The van der Waals surface area contributed by atoms with Gasteiger partial charge in [0, 0.05) is 19.2 Å². The van der Waals surface area contributed by atoms with Gasteiger partial charge in [-0.05, 0) is 171 Å². The Labute approximate surface area is 548 Å². The number of esters is 3. The molecule has 0 spiro atoms. The molecule has 1 atom stereocenters. The molecule has 9 rings (SSSR count). The summed E-state index contributed by atoms with van der Waals surface area (Å²) in [5, 5.41) is 28.0. The van der Waals surface area contributed by atoms with Crippen molar-refractivity contribution in [2.45, 2.75) is 77.8 Å². The van der Waals surface area contributed by atoms with Gasteiger partial charge in [-0.15, -0.1) is 34.0 Å². The number of carbonyl (C=O) groups is 3. The first kappa shape index (κ1) is 68.0. The summed E-state index contributed by atoms with van der Waals surface area (Å²) in [6, 6.07) is 30.2. The summed E-state index contributed by atoms with van der Waals surface area (Å²) >= 11 is 10.2. The van der Waals surface area contributed by atoms with Crippen LogP contribution in [-0.4, -0.2) is 139 Å². The van der Waals surface area contributed by atoms with Gasteiger partial charge in [0.05, 0.1) is 64.2 Å². The van der Waals surface area contributed by atoms with Crippen LogP contribution in [0.5, 0.6) is 0 Å². The molecule has 0 radical (unpaired) electrons. The summed E-state index contributed by atoms with van der Waals surface area (Å²) in [5.41, 5.74) is 4.40. The van der Waals surface area contributed by atoms with Gasteiger partial charge in [0.1, 0.15) is 0 Å². The maximum atomic E-state index is 12.0. The van der Waals surface area contributed by atoms with Gasteiger partial charge in [0.25, 0.3) is 0 Å². The molecule has 4 aromatic carbocycles. The summed E-state index contributed by atoms with van der Waals surface area (Å²) in [6.07, 6.45) is 0. The van der Waals surface area contributed by atoms with E-state index in [9.17, 15) is 14.4 Å². The number of methoxy groups -OCH3 is 3. The SMILES string of the molecule is CC1(C)OB(c2ccc3cc(B4OC(C)(C)C(C)(C)O4)ccc3c2)OC1(C)C.COC(=O)c1ccsc1-c1ccc2cc(-c3sccc3C(=O)OC)ccc2c1.COC(=O)c1ccsc1Br.[K+].[K][K].[O-]OOOOP. The molecule has 15 nitrogen and oxygen atoms in total. The smallest absolute Gasteiger partial charge is 0.0457 e. The third-order valence-electron chi connectivity index (χ3n) is 12.6. The van der Waals surface area contributed by atoms with Crippen LogP contribution in [0.15, 0.2) is 111 Å². The fraction of sp³-hybridized carbons (Fsp3) is 0.300. The van der Waals surface area contributed by atoms with Gasteiger partial charge < -0.3 is 38.1 Å². The van der Waals surface area contributed by atoms with Crippen LogP contribution in [0, 0.1) is 0 Å². The van der Waals surface area contributed by atoms with Crippen LogP contribution < -0.4 is 67.6 Å². The molecule has 0 amide bonds. The van der Waals surface area contributed by atoms with Crippen LogP contribution >= 0.6 is 59.4 Å². The number of fused-ring (bicyclic) bond motifs is 2. The Morgan fingerprint density at radius 1 is 0.533 bits per heavy atom. The van der Waals surface area contributed by atoms with Gasteiger partial charge in [0.15, 0.2) is 0 Å². The summed E-state index contributed by atoms with van der Waals surface area (Å²) in [6.45, 7) is 16.6. The van der Waals surface area contributed by atoms with Gasteiger partial charge in [-0.2, -0.15) is 4.67 Å². The number of rotatable bonds is 10. The second-order valence-electron chi connectivity index (χ2n) is 18.0. The standard InChI is InChI=1S/C22H30B2O4.C22H16O4S2.C6H5BrO2S.3K.H3O5P/c1-19(2)20(3,4)26-23(25-19)17-11-9-16-14-18(12-10-15(16)13-17)24-27-21(5,6)22(7,8)28-24;1-25-21(23)17-7-9-27-19(17)15-5-3-14-12-16(6-4-13(14)11-15)20-18(8-10-28-20)22(24)26-2;1-9-6(8)4-2-3-10-5(4)7;;;;1-2-3-4-5-6/h9-14H,1-8H3;3-12H,1-2H3;2-3H,1H3;;;;1H,6H2/q;;;;;+1;/p-1. The van der Waals surface area contributed by atoms with Crippen LogP contribution in [0.3, 0.4) is 0 Å². The molecular weight excluding hydrogens is 1190 g/mol. The second kappa shape index (κ2) is 31.2. The zero-order chi connectivity index (χ0) is 54.6. The molecule has 2 saturated heterocycles. The van der Waals surface area contributed by atoms with E-state index in [2.05, 4.69) is 144 Å². The normalized spacial score (nSPS) is 15.4. The Morgan fingerprint density at radius 2 is 0.867 bits per heavy atom. The number of halogens is 1. The fourth-order valence-electron chi connectivity index (χ4n) is 7.25. The van der Waals surface area contributed by atoms with Gasteiger partial charge in [-0.25, -0.2) is 14.4 Å². The molecule has 5 heterocycles. The largest absolute Gasteiger partial charge is 0.689 e. The first-order valence-corrected chi connectivity index (χ1v) is 42.9. The molecule has 1 unspecified atom stereocenters. The van der Waals surface area contributed by atoms with Crippen molar-refractivity contribution < 1.29 is 124 Å². The van der Waals surface area contributed by atoms with Gasteiger partial charge in [-0.3, -0.25) is 5.04 Å². The molecule has 2 aliphatic heterocycles. The Bertz CT molecular complexity index is 2820. The molecular formula is C50H53B2BrK3O15PS3. The van der Waals surface area contributed by atoms with E-state index in [1.54, 1.807) is 27.7 Å². The molecule has 0 N–H and O–H groups in total. The third kappa shape index (κ3) is 17.5. The van der Waals surface area contributed by atoms with E-state index in [1.807, 2.05) is 40.4 Å². The third-order valence-corrected chi connectivity index (χ3v) is 16.3. The van der Waals surface area contributed by atoms with E-state index in [1.165, 1.54) is 118 Å². The minimum atomic E-state index is -0.350. The predicted octanol–water partition coefficient (Wildman–Crippen LogP) is 6.71. The van der Waals surface area contributed by atoms with E-state index in [4.69, 9.17) is 33.3 Å². The van der Waals surface area contributed by atoms with Gasteiger partial charge in [-0.1, -0.05) is 60.7 Å². The van der Waals surface area contributed by atoms with Crippen LogP contribution in [0.25, 0.3) is 42.4 Å². The summed E-state index contributed by atoms with van der Waals surface area (Å²) in [5.74, 6) is -0.965. The molecule has 7 aromatic rings. The molecule has 2 fully saturated rings. The molecule has 0 aliphatic carbocycles. The fourth-order valence-corrected chi connectivity index (χ4v) is 10.3. The number of hydrogen-bond acceptors (Lipinski definition) is 18. The van der Waals surface area contributed by atoms with Crippen molar-refractivity contribution in [1.82, 2.24) is 0 Å². The molecule has 25 heteroatoms. The van der Waals surface area contributed by atoms with Crippen LogP contribution in [0.4, 0.5) is 0 Å². The molecule has 2 aliphatic rings. The van der Waals surface area contributed by atoms with Crippen LogP contribution in [0.2, 0.25) is 0 Å². The van der Waals surface area contributed by atoms with Crippen molar-refractivity contribution in [2.24, 2.45) is 0 Å². The van der Waals surface area contributed by atoms with Crippen LogP contribution in [0.1, 0.15) is 86.5 Å². The average Bonchev–Trinajstić information content (AvgIpc) is 4.24. The summed E-state index contributed by atoms with van der Waals surface area (Å²) < 4.78 is 43.5. The minimum Gasteiger partial charge on any atom is -0.689 e. The maximum Gasteiger partial charge on any atom is 0.0457 e. The Hall–Kier alpha value is 0.499. The number of hydrogen-bond donors (Lipinski definition) is 0. The first-order valence-electron chi connectivity index (χ1n) is 23.0. The molecule has 0 bridgehead atoms. The van der Waals surface area contributed by atoms with Crippen molar-refractivity contribution in [3.05, 3.63) is 128 Å². The van der Waals surface area contributed by atoms with E-state index < -0.39 is 0 Å². The predicted molar refractivity (Wildman–Crippen MR) is 298 cm³/mol. The van der Waals surface area contributed by atoms with E-state index in [0.717, 1.165) is 57.1 Å². The monoisotopic (exact) mass is 1240 g/mol. The Balaban J connectivity index is 0.000000243. The van der Waals surface area contributed by atoms with Gasteiger partial charge >= 0.3 is 147 Å². The first-order chi connectivity index (χ1) is 35.1. The molecule has 3 aromatic heterocycles. The second-order valence-corrected chi connectivity index (χ2v) is 22.3. The van der Waals surface area contributed by atoms with Crippen molar-refractivity contribution in [3.63, 3.8) is 0 Å². The average molecular weight is 1240 g/mol.